The Balaban J connectivity index is 2.00. The van der Waals surface area contributed by atoms with Crippen molar-refractivity contribution < 1.29 is 4.79 Å². The molecule has 1 aromatic rings. The van der Waals surface area contributed by atoms with Gasteiger partial charge in [-0.3, -0.25) is 4.79 Å². The van der Waals surface area contributed by atoms with Crippen molar-refractivity contribution in [1.82, 2.24) is 5.32 Å². The van der Waals surface area contributed by atoms with Crippen LogP contribution in [0.1, 0.15) is 48.5 Å². The fourth-order valence-corrected chi connectivity index (χ4v) is 2.71. The van der Waals surface area contributed by atoms with E-state index in [0.717, 1.165) is 42.5 Å². The number of aryl methyl sites for hydroxylation is 1. The Kier molecular flexibility index (Phi) is 5.01. The predicted octanol–water partition coefficient (Wildman–Crippen LogP) is 2.43. The van der Waals surface area contributed by atoms with Crippen molar-refractivity contribution in [3.63, 3.8) is 0 Å². The van der Waals surface area contributed by atoms with Gasteiger partial charge in [0, 0.05) is 29.9 Å². The van der Waals surface area contributed by atoms with Crippen molar-refractivity contribution in [2.45, 2.75) is 51.6 Å². The van der Waals surface area contributed by atoms with E-state index in [1.54, 1.807) is 0 Å². The van der Waals surface area contributed by atoms with Crippen LogP contribution in [-0.4, -0.2) is 24.5 Å². The molecule has 1 aromatic carbocycles. The first kappa shape index (κ1) is 14.9. The van der Waals surface area contributed by atoms with Gasteiger partial charge >= 0.3 is 0 Å². The SMILES string of the molecule is CCNC(=O)c1ccc(NC2CCC(N)CC2)c(C)c1. The minimum Gasteiger partial charge on any atom is -0.382 e. The van der Waals surface area contributed by atoms with Gasteiger partial charge in [0.1, 0.15) is 0 Å². The Morgan fingerprint density at radius 3 is 2.60 bits per heavy atom. The van der Waals surface area contributed by atoms with Crippen LogP contribution in [0.15, 0.2) is 18.2 Å². The van der Waals surface area contributed by atoms with E-state index in [-0.39, 0.29) is 5.91 Å². The first-order chi connectivity index (χ1) is 9.60. The zero-order valence-electron chi connectivity index (χ0n) is 12.4. The fraction of sp³-hybridized carbons (Fsp3) is 0.562. The average molecular weight is 275 g/mol. The number of hydrogen-bond acceptors (Lipinski definition) is 3. The van der Waals surface area contributed by atoms with Crippen LogP contribution in [0.5, 0.6) is 0 Å². The number of carbonyl (C=O) groups excluding carboxylic acids is 1. The molecule has 1 saturated carbocycles. The van der Waals surface area contributed by atoms with Crippen LogP contribution >= 0.6 is 0 Å². The molecule has 0 spiro atoms. The molecule has 4 N–H and O–H groups in total. The van der Waals surface area contributed by atoms with Crippen molar-refractivity contribution >= 4 is 11.6 Å². The van der Waals surface area contributed by atoms with Gasteiger partial charge in [0.05, 0.1) is 0 Å². The van der Waals surface area contributed by atoms with Gasteiger partial charge in [-0.2, -0.15) is 0 Å². The van der Waals surface area contributed by atoms with Gasteiger partial charge in [0.2, 0.25) is 0 Å². The summed E-state index contributed by atoms with van der Waals surface area (Å²) in [6.07, 6.45) is 4.43. The number of rotatable bonds is 4. The van der Waals surface area contributed by atoms with E-state index >= 15 is 0 Å². The van der Waals surface area contributed by atoms with Crippen LogP contribution in [0.2, 0.25) is 0 Å². The second kappa shape index (κ2) is 6.75. The van der Waals surface area contributed by atoms with Crippen LogP contribution in [0.25, 0.3) is 0 Å². The molecule has 1 amide bonds. The highest BCUT2D eigenvalue weighted by atomic mass is 16.1. The second-order valence-corrected chi connectivity index (χ2v) is 5.65. The highest BCUT2D eigenvalue weighted by molar-refractivity contribution is 5.94. The van der Waals surface area contributed by atoms with E-state index in [0.29, 0.717) is 18.6 Å². The van der Waals surface area contributed by atoms with Crippen LogP contribution in [-0.2, 0) is 0 Å². The number of carbonyl (C=O) groups is 1. The van der Waals surface area contributed by atoms with Crippen molar-refractivity contribution in [3.05, 3.63) is 29.3 Å². The molecule has 0 aliphatic heterocycles. The lowest BCUT2D eigenvalue weighted by atomic mass is 9.91. The normalized spacial score (nSPS) is 22.4. The molecule has 0 radical (unpaired) electrons. The highest BCUT2D eigenvalue weighted by Crippen LogP contribution is 2.24. The first-order valence-corrected chi connectivity index (χ1v) is 7.51. The van der Waals surface area contributed by atoms with E-state index in [2.05, 4.69) is 10.6 Å². The Morgan fingerprint density at radius 2 is 2.00 bits per heavy atom. The molecule has 4 heteroatoms. The van der Waals surface area contributed by atoms with Crippen LogP contribution in [0.4, 0.5) is 5.69 Å². The summed E-state index contributed by atoms with van der Waals surface area (Å²) in [5.41, 5.74) is 8.89. The van der Waals surface area contributed by atoms with Gasteiger partial charge in [0.15, 0.2) is 0 Å². The lowest BCUT2D eigenvalue weighted by molar-refractivity contribution is 0.0956. The molecule has 0 bridgehead atoms. The summed E-state index contributed by atoms with van der Waals surface area (Å²) in [5.74, 6) is -0.00853. The molecule has 2 rings (SSSR count). The maximum atomic E-state index is 11.8. The minimum absolute atomic E-state index is 0.00853. The Morgan fingerprint density at radius 1 is 1.30 bits per heavy atom. The maximum Gasteiger partial charge on any atom is 0.251 e. The van der Waals surface area contributed by atoms with E-state index in [9.17, 15) is 4.79 Å². The quantitative estimate of drug-likeness (QED) is 0.790. The minimum atomic E-state index is -0.00853. The standard InChI is InChI=1S/C16H25N3O/c1-3-18-16(20)12-4-9-15(11(2)10-12)19-14-7-5-13(17)6-8-14/h4,9-10,13-14,19H,3,5-8,17H2,1-2H3,(H,18,20). The molecule has 4 nitrogen and oxygen atoms in total. The molecular weight excluding hydrogens is 250 g/mol. The van der Waals surface area contributed by atoms with Crippen molar-refractivity contribution in [3.8, 4) is 0 Å². The molecule has 0 heterocycles. The smallest absolute Gasteiger partial charge is 0.251 e. The van der Waals surface area contributed by atoms with E-state index in [4.69, 9.17) is 5.73 Å². The summed E-state index contributed by atoms with van der Waals surface area (Å²) in [5, 5.41) is 6.40. The number of amides is 1. The summed E-state index contributed by atoms with van der Waals surface area (Å²) < 4.78 is 0. The third-order valence-corrected chi connectivity index (χ3v) is 3.96. The van der Waals surface area contributed by atoms with Crippen LogP contribution < -0.4 is 16.4 Å². The summed E-state index contributed by atoms with van der Waals surface area (Å²) in [6, 6.07) is 6.71. The summed E-state index contributed by atoms with van der Waals surface area (Å²) >= 11 is 0. The summed E-state index contributed by atoms with van der Waals surface area (Å²) in [7, 11) is 0. The molecule has 20 heavy (non-hydrogen) atoms. The number of nitrogens with one attached hydrogen (secondary N) is 2. The summed E-state index contributed by atoms with van der Waals surface area (Å²) in [4.78, 5) is 11.8. The van der Waals surface area contributed by atoms with Crippen molar-refractivity contribution in [2.75, 3.05) is 11.9 Å². The van der Waals surface area contributed by atoms with Gasteiger partial charge in [0.25, 0.3) is 5.91 Å². The largest absolute Gasteiger partial charge is 0.382 e. The molecule has 1 fully saturated rings. The lowest BCUT2D eigenvalue weighted by Crippen LogP contribution is -2.33. The maximum absolute atomic E-state index is 11.8. The Hall–Kier alpha value is -1.55. The third-order valence-electron chi connectivity index (χ3n) is 3.96. The topological polar surface area (TPSA) is 67.2 Å². The molecule has 1 aliphatic carbocycles. The molecule has 1 aliphatic rings. The van der Waals surface area contributed by atoms with Gasteiger partial charge in [-0.05, 0) is 63.3 Å². The summed E-state index contributed by atoms with van der Waals surface area (Å²) in [6.45, 7) is 4.62. The van der Waals surface area contributed by atoms with Crippen LogP contribution in [0, 0.1) is 6.92 Å². The van der Waals surface area contributed by atoms with Gasteiger partial charge in [-0.25, -0.2) is 0 Å². The fourth-order valence-electron chi connectivity index (χ4n) is 2.71. The first-order valence-electron chi connectivity index (χ1n) is 7.51. The molecular formula is C16H25N3O. The zero-order valence-corrected chi connectivity index (χ0v) is 12.4. The van der Waals surface area contributed by atoms with E-state index in [1.165, 1.54) is 0 Å². The van der Waals surface area contributed by atoms with Gasteiger partial charge < -0.3 is 16.4 Å². The molecule has 110 valence electrons. The number of benzene rings is 1. The number of hydrogen-bond donors (Lipinski definition) is 3. The van der Waals surface area contributed by atoms with Crippen LogP contribution in [0.3, 0.4) is 0 Å². The van der Waals surface area contributed by atoms with Gasteiger partial charge in [-0.15, -0.1) is 0 Å². The molecule has 0 atom stereocenters. The predicted molar refractivity (Wildman–Crippen MR) is 83.0 cm³/mol. The number of anilines is 1. The lowest BCUT2D eigenvalue weighted by Gasteiger charge is -2.28. The monoisotopic (exact) mass is 275 g/mol. The Bertz CT molecular complexity index is 465. The highest BCUT2D eigenvalue weighted by Gasteiger charge is 2.18. The second-order valence-electron chi connectivity index (χ2n) is 5.65. The molecule has 0 saturated heterocycles. The average Bonchev–Trinajstić information content (AvgIpc) is 2.43. The van der Waals surface area contributed by atoms with E-state index in [1.807, 2.05) is 32.0 Å². The molecule has 0 unspecified atom stereocenters. The van der Waals surface area contributed by atoms with E-state index < -0.39 is 0 Å². The number of nitrogens with two attached hydrogens (primary N) is 1. The Labute approximate surface area is 121 Å². The zero-order chi connectivity index (χ0) is 14.5. The third kappa shape index (κ3) is 3.73. The van der Waals surface area contributed by atoms with Crippen molar-refractivity contribution in [1.29, 1.82) is 0 Å². The van der Waals surface area contributed by atoms with Gasteiger partial charge in [-0.1, -0.05) is 0 Å². The molecule has 0 aromatic heterocycles. The van der Waals surface area contributed by atoms with Crippen molar-refractivity contribution in [2.24, 2.45) is 5.73 Å².